The average Bonchev–Trinajstić information content (AvgIpc) is 3.16. The summed E-state index contributed by atoms with van der Waals surface area (Å²) in [7, 11) is 4.65. The van der Waals surface area contributed by atoms with E-state index in [0.29, 0.717) is 43.4 Å². The van der Waals surface area contributed by atoms with Crippen LogP contribution in [0.25, 0.3) is 6.08 Å². The molecule has 1 atom stereocenters. The van der Waals surface area contributed by atoms with Gasteiger partial charge in [-0.3, -0.25) is 9.36 Å². The highest BCUT2D eigenvalue weighted by atomic mass is 79.9. The summed E-state index contributed by atoms with van der Waals surface area (Å²) >= 11 is 8.23. The summed E-state index contributed by atoms with van der Waals surface area (Å²) in [4.78, 5) is 32.1. The summed E-state index contributed by atoms with van der Waals surface area (Å²) in [6.07, 6.45) is 1.76. The Hall–Kier alpha value is -2.89. The van der Waals surface area contributed by atoms with Crippen molar-refractivity contribution in [3.63, 3.8) is 0 Å². The molecule has 0 saturated carbocycles. The summed E-state index contributed by atoms with van der Waals surface area (Å²) in [5, 5.41) is 0. The number of halogens is 2. The SMILES string of the molecule is CCOC(=O)C1=C(C)N=c2s/c(=C\c3cc(Br)cc(Br)c3OC)c(=O)n2[C@@H]1c1ccc(OC)c(OC)c1. The third-order valence-corrected chi connectivity index (χ3v) is 7.80. The van der Waals surface area contributed by atoms with Crippen LogP contribution in [0.5, 0.6) is 17.2 Å². The number of nitrogens with zero attached hydrogens (tertiary/aromatic N) is 2. The first-order valence-electron chi connectivity index (χ1n) is 11.2. The van der Waals surface area contributed by atoms with Crippen LogP contribution in [0.2, 0.25) is 0 Å². The molecule has 0 N–H and O–H groups in total. The average molecular weight is 652 g/mol. The number of ether oxygens (including phenoxy) is 4. The van der Waals surface area contributed by atoms with Crippen LogP contribution >= 0.6 is 43.2 Å². The van der Waals surface area contributed by atoms with Gasteiger partial charge in [0.25, 0.3) is 5.56 Å². The van der Waals surface area contributed by atoms with E-state index in [9.17, 15) is 9.59 Å². The Morgan fingerprint density at radius 3 is 2.49 bits per heavy atom. The summed E-state index contributed by atoms with van der Waals surface area (Å²) < 4.78 is 25.3. The predicted octanol–water partition coefficient (Wildman–Crippen LogP) is 4.35. The topological polar surface area (TPSA) is 88.4 Å². The van der Waals surface area contributed by atoms with E-state index < -0.39 is 12.0 Å². The second-order valence-corrected chi connectivity index (χ2v) is 10.7. The maximum absolute atomic E-state index is 13.9. The van der Waals surface area contributed by atoms with E-state index in [4.69, 9.17) is 18.9 Å². The standard InChI is InChI=1S/C26H24Br2N2O6S/c1-6-36-25(32)21-13(2)29-26-30(22(21)14-7-8-18(33-3)19(10-14)34-4)24(31)20(37-26)11-15-9-16(27)12-17(28)23(15)35-5/h7-12,22H,6H2,1-5H3/b20-11-/t22-/m1/s1. The first kappa shape index (κ1) is 27.2. The fourth-order valence-corrected chi connectivity index (χ4v) is 6.63. The van der Waals surface area contributed by atoms with Gasteiger partial charge < -0.3 is 18.9 Å². The van der Waals surface area contributed by atoms with E-state index in [1.165, 1.54) is 23.0 Å². The van der Waals surface area contributed by atoms with Crippen molar-refractivity contribution in [2.24, 2.45) is 4.99 Å². The van der Waals surface area contributed by atoms with Crippen molar-refractivity contribution < 1.29 is 23.7 Å². The molecule has 4 rings (SSSR count). The number of hydrogen-bond donors (Lipinski definition) is 0. The van der Waals surface area contributed by atoms with Crippen LogP contribution in [0.3, 0.4) is 0 Å². The molecule has 37 heavy (non-hydrogen) atoms. The zero-order chi connectivity index (χ0) is 26.9. The molecule has 0 radical (unpaired) electrons. The van der Waals surface area contributed by atoms with Crippen molar-refractivity contribution in [1.82, 2.24) is 4.57 Å². The summed E-state index contributed by atoms with van der Waals surface area (Å²) in [6.45, 7) is 3.67. The normalized spacial score (nSPS) is 15.2. The van der Waals surface area contributed by atoms with Gasteiger partial charge in [-0.1, -0.05) is 33.3 Å². The van der Waals surface area contributed by atoms with Gasteiger partial charge in [0.15, 0.2) is 16.3 Å². The van der Waals surface area contributed by atoms with Gasteiger partial charge in [-0.05, 0) is 65.7 Å². The van der Waals surface area contributed by atoms with E-state index >= 15 is 0 Å². The second kappa shape index (κ2) is 11.2. The van der Waals surface area contributed by atoms with Crippen molar-refractivity contribution in [2.75, 3.05) is 27.9 Å². The molecule has 1 aliphatic rings. The van der Waals surface area contributed by atoms with Gasteiger partial charge in [0.2, 0.25) is 0 Å². The molecule has 3 aromatic rings. The molecule has 0 saturated heterocycles. The second-order valence-electron chi connectivity index (χ2n) is 7.93. The van der Waals surface area contributed by atoms with E-state index in [1.54, 1.807) is 52.3 Å². The number of esters is 1. The van der Waals surface area contributed by atoms with Gasteiger partial charge in [-0.15, -0.1) is 0 Å². The number of carbonyl (C=O) groups excluding carboxylic acids is 1. The molecule has 0 unspecified atom stereocenters. The molecule has 8 nitrogen and oxygen atoms in total. The Balaban J connectivity index is 2.00. The predicted molar refractivity (Wildman–Crippen MR) is 148 cm³/mol. The zero-order valence-electron chi connectivity index (χ0n) is 20.8. The molecular formula is C26H24Br2N2O6S. The Bertz CT molecular complexity index is 1590. The first-order chi connectivity index (χ1) is 17.7. The Kier molecular flexibility index (Phi) is 8.25. The summed E-state index contributed by atoms with van der Waals surface area (Å²) in [5.41, 5.74) is 1.84. The van der Waals surface area contributed by atoms with Gasteiger partial charge in [0, 0.05) is 10.0 Å². The molecule has 1 aliphatic heterocycles. The molecule has 11 heteroatoms. The van der Waals surface area contributed by atoms with E-state index in [1.807, 2.05) is 12.1 Å². The van der Waals surface area contributed by atoms with Crippen molar-refractivity contribution >= 4 is 55.2 Å². The molecule has 0 spiro atoms. The van der Waals surface area contributed by atoms with Gasteiger partial charge >= 0.3 is 5.97 Å². The number of fused-ring (bicyclic) bond motifs is 1. The number of benzene rings is 2. The number of aromatic nitrogens is 1. The lowest BCUT2D eigenvalue weighted by atomic mass is 9.95. The maximum Gasteiger partial charge on any atom is 0.338 e. The van der Waals surface area contributed by atoms with Crippen LogP contribution in [-0.4, -0.2) is 38.5 Å². The fourth-order valence-electron chi connectivity index (χ4n) is 4.17. The highest BCUT2D eigenvalue weighted by Gasteiger charge is 2.34. The van der Waals surface area contributed by atoms with Crippen LogP contribution in [0, 0.1) is 0 Å². The maximum atomic E-state index is 13.9. The van der Waals surface area contributed by atoms with Crippen molar-refractivity contribution in [3.8, 4) is 17.2 Å². The van der Waals surface area contributed by atoms with Gasteiger partial charge in [0.05, 0.1) is 54.3 Å². The lowest BCUT2D eigenvalue weighted by Crippen LogP contribution is -2.40. The zero-order valence-corrected chi connectivity index (χ0v) is 24.7. The van der Waals surface area contributed by atoms with Crippen molar-refractivity contribution in [3.05, 3.63) is 81.4 Å². The van der Waals surface area contributed by atoms with Crippen molar-refractivity contribution in [1.29, 1.82) is 0 Å². The lowest BCUT2D eigenvalue weighted by Gasteiger charge is -2.25. The van der Waals surface area contributed by atoms with E-state index in [0.717, 1.165) is 8.95 Å². The molecule has 1 aromatic heterocycles. The molecule has 0 fully saturated rings. The number of rotatable bonds is 7. The van der Waals surface area contributed by atoms with Gasteiger partial charge in [-0.25, -0.2) is 9.79 Å². The van der Waals surface area contributed by atoms with Gasteiger partial charge in [-0.2, -0.15) is 0 Å². The molecule has 0 amide bonds. The number of methoxy groups -OCH3 is 3. The van der Waals surface area contributed by atoms with Crippen molar-refractivity contribution in [2.45, 2.75) is 19.9 Å². The Morgan fingerprint density at radius 2 is 1.84 bits per heavy atom. The first-order valence-corrected chi connectivity index (χ1v) is 13.6. The number of carbonyl (C=O) groups is 1. The smallest absolute Gasteiger partial charge is 0.338 e. The highest BCUT2D eigenvalue weighted by molar-refractivity contribution is 9.11. The van der Waals surface area contributed by atoms with Crippen LogP contribution in [0.1, 0.15) is 31.0 Å². The summed E-state index contributed by atoms with van der Waals surface area (Å²) in [6, 6.07) is 8.26. The molecule has 194 valence electrons. The molecule has 2 heterocycles. The minimum Gasteiger partial charge on any atom is -0.495 e. The largest absolute Gasteiger partial charge is 0.495 e. The molecular weight excluding hydrogens is 628 g/mol. The minimum atomic E-state index is -0.770. The third-order valence-electron chi connectivity index (χ3n) is 5.77. The van der Waals surface area contributed by atoms with E-state index in [-0.39, 0.29) is 17.7 Å². The third kappa shape index (κ3) is 5.12. The highest BCUT2D eigenvalue weighted by Crippen LogP contribution is 2.36. The van der Waals surface area contributed by atoms with Crippen LogP contribution in [-0.2, 0) is 9.53 Å². The Morgan fingerprint density at radius 1 is 1.11 bits per heavy atom. The monoisotopic (exact) mass is 650 g/mol. The quantitative estimate of drug-likeness (QED) is 0.353. The Labute approximate surface area is 234 Å². The van der Waals surface area contributed by atoms with Gasteiger partial charge in [0.1, 0.15) is 5.75 Å². The minimum absolute atomic E-state index is 0.191. The molecule has 0 bridgehead atoms. The number of thiazole rings is 1. The molecule has 2 aromatic carbocycles. The van der Waals surface area contributed by atoms with Crippen LogP contribution in [0.15, 0.2) is 60.3 Å². The number of allylic oxidation sites excluding steroid dienone is 1. The summed E-state index contributed by atoms with van der Waals surface area (Å²) in [5.74, 6) is 1.07. The fraction of sp³-hybridized carbons (Fsp3) is 0.269. The number of hydrogen-bond acceptors (Lipinski definition) is 8. The van der Waals surface area contributed by atoms with E-state index in [2.05, 4.69) is 36.9 Å². The molecule has 0 aliphatic carbocycles. The van der Waals surface area contributed by atoms with Crippen LogP contribution in [0.4, 0.5) is 0 Å². The lowest BCUT2D eigenvalue weighted by molar-refractivity contribution is -0.139. The van der Waals surface area contributed by atoms with Crippen LogP contribution < -0.4 is 29.1 Å².